The SMILES string of the molecule is COc1ccc(CO[C@@H](CCCCOCc2ccccc2)[C@H]2CO2)cc1. The zero-order valence-corrected chi connectivity index (χ0v) is 15.4. The molecule has 2 aromatic rings. The van der Waals surface area contributed by atoms with Crippen molar-refractivity contribution in [2.75, 3.05) is 20.3 Å². The molecule has 26 heavy (non-hydrogen) atoms. The van der Waals surface area contributed by atoms with Crippen LogP contribution in [-0.4, -0.2) is 32.5 Å². The Morgan fingerprint density at radius 3 is 2.38 bits per heavy atom. The molecule has 0 aliphatic carbocycles. The number of methoxy groups -OCH3 is 1. The van der Waals surface area contributed by atoms with Gasteiger partial charge in [-0.25, -0.2) is 0 Å². The number of epoxide rings is 1. The molecule has 0 N–H and O–H groups in total. The van der Waals surface area contributed by atoms with Gasteiger partial charge in [0.2, 0.25) is 0 Å². The molecule has 1 fully saturated rings. The summed E-state index contributed by atoms with van der Waals surface area (Å²) in [6.07, 6.45) is 3.57. The van der Waals surface area contributed by atoms with Gasteiger partial charge in [0.1, 0.15) is 11.9 Å². The molecule has 2 atom stereocenters. The molecule has 4 heteroatoms. The molecule has 0 radical (unpaired) electrons. The maximum atomic E-state index is 6.09. The van der Waals surface area contributed by atoms with Crippen LogP contribution in [0.1, 0.15) is 30.4 Å². The van der Waals surface area contributed by atoms with Gasteiger partial charge in [0.15, 0.2) is 0 Å². The van der Waals surface area contributed by atoms with E-state index in [1.165, 1.54) is 5.56 Å². The minimum atomic E-state index is 0.172. The molecule has 0 amide bonds. The van der Waals surface area contributed by atoms with Crippen LogP contribution in [0, 0.1) is 0 Å². The molecule has 0 aromatic heterocycles. The lowest BCUT2D eigenvalue weighted by atomic mass is 10.1. The number of benzene rings is 2. The molecular formula is C22H28O4. The van der Waals surface area contributed by atoms with Gasteiger partial charge in [-0.2, -0.15) is 0 Å². The summed E-state index contributed by atoms with van der Waals surface area (Å²) in [7, 11) is 1.68. The summed E-state index contributed by atoms with van der Waals surface area (Å²) in [5.41, 5.74) is 2.38. The number of unbranched alkanes of at least 4 members (excludes halogenated alkanes) is 1. The summed E-state index contributed by atoms with van der Waals surface area (Å²) in [4.78, 5) is 0. The number of rotatable bonds is 12. The lowest BCUT2D eigenvalue weighted by Crippen LogP contribution is -2.20. The van der Waals surface area contributed by atoms with E-state index in [4.69, 9.17) is 18.9 Å². The fraction of sp³-hybridized carbons (Fsp3) is 0.455. The van der Waals surface area contributed by atoms with Crippen LogP contribution in [0.2, 0.25) is 0 Å². The number of ether oxygens (including phenoxy) is 4. The number of hydrogen-bond acceptors (Lipinski definition) is 4. The Balaban J connectivity index is 1.31. The first-order chi connectivity index (χ1) is 12.8. The van der Waals surface area contributed by atoms with Gasteiger partial charge < -0.3 is 18.9 Å². The molecule has 3 rings (SSSR count). The Morgan fingerprint density at radius 1 is 0.962 bits per heavy atom. The fourth-order valence-electron chi connectivity index (χ4n) is 2.89. The first-order valence-corrected chi connectivity index (χ1v) is 9.33. The van der Waals surface area contributed by atoms with E-state index in [1.807, 2.05) is 42.5 Å². The van der Waals surface area contributed by atoms with Crippen LogP contribution in [0.5, 0.6) is 5.75 Å². The number of hydrogen-bond donors (Lipinski definition) is 0. The normalized spacial score (nSPS) is 17.0. The Kier molecular flexibility index (Phi) is 7.50. The van der Waals surface area contributed by atoms with Gasteiger partial charge in [-0.3, -0.25) is 0 Å². The summed E-state index contributed by atoms with van der Waals surface area (Å²) >= 11 is 0. The average Bonchev–Trinajstić information content (AvgIpc) is 3.53. The highest BCUT2D eigenvalue weighted by Gasteiger charge is 2.33. The highest BCUT2D eigenvalue weighted by molar-refractivity contribution is 5.26. The van der Waals surface area contributed by atoms with Crippen LogP contribution in [0.15, 0.2) is 54.6 Å². The third-order valence-corrected chi connectivity index (χ3v) is 4.54. The molecule has 0 saturated carbocycles. The minimum Gasteiger partial charge on any atom is -0.497 e. The van der Waals surface area contributed by atoms with Gasteiger partial charge >= 0.3 is 0 Å². The molecule has 0 spiro atoms. The van der Waals surface area contributed by atoms with Gasteiger partial charge in [0.25, 0.3) is 0 Å². The third-order valence-electron chi connectivity index (χ3n) is 4.54. The highest BCUT2D eigenvalue weighted by Crippen LogP contribution is 2.23. The Labute approximate surface area is 156 Å². The van der Waals surface area contributed by atoms with Crippen molar-refractivity contribution < 1.29 is 18.9 Å². The van der Waals surface area contributed by atoms with Crippen molar-refractivity contribution in [1.29, 1.82) is 0 Å². The summed E-state index contributed by atoms with van der Waals surface area (Å²) in [6, 6.07) is 18.3. The summed E-state index contributed by atoms with van der Waals surface area (Å²) in [6.45, 7) is 2.90. The molecule has 2 aromatic carbocycles. The molecule has 0 unspecified atom stereocenters. The minimum absolute atomic E-state index is 0.172. The van der Waals surface area contributed by atoms with Crippen LogP contribution in [-0.2, 0) is 27.4 Å². The Hall–Kier alpha value is -1.88. The van der Waals surface area contributed by atoms with E-state index in [1.54, 1.807) is 7.11 Å². The maximum absolute atomic E-state index is 6.09. The van der Waals surface area contributed by atoms with Crippen LogP contribution >= 0.6 is 0 Å². The van der Waals surface area contributed by atoms with Gasteiger partial charge in [-0.05, 0) is 42.5 Å². The molecule has 1 aliphatic rings. The second kappa shape index (κ2) is 10.3. The maximum Gasteiger partial charge on any atom is 0.118 e. The van der Waals surface area contributed by atoms with E-state index < -0.39 is 0 Å². The molecule has 1 aliphatic heterocycles. The van der Waals surface area contributed by atoms with Gasteiger partial charge in [0, 0.05) is 6.61 Å². The van der Waals surface area contributed by atoms with Crippen molar-refractivity contribution in [1.82, 2.24) is 0 Å². The first kappa shape index (κ1) is 18.9. The predicted molar refractivity (Wildman–Crippen MR) is 101 cm³/mol. The second-order valence-electron chi connectivity index (χ2n) is 6.60. The smallest absolute Gasteiger partial charge is 0.118 e. The van der Waals surface area contributed by atoms with Gasteiger partial charge in [-0.15, -0.1) is 0 Å². The van der Waals surface area contributed by atoms with Crippen LogP contribution in [0.25, 0.3) is 0 Å². The second-order valence-corrected chi connectivity index (χ2v) is 6.60. The van der Waals surface area contributed by atoms with E-state index in [9.17, 15) is 0 Å². The zero-order chi connectivity index (χ0) is 18.0. The van der Waals surface area contributed by atoms with E-state index in [-0.39, 0.29) is 12.2 Å². The predicted octanol–water partition coefficient (Wildman–Crippen LogP) is 4.37. The van der Waals surface area contributed by atoms with Crippen molar-refractivity contribution in [3.05, 3.63) is 65.7 Å². The summed E-state index contributed by atoms with van der Waals surface area (Å²) in [5, 5.41) is 0. The van der Waals surface area contributed by atoms with E-state index in [2.05, 4.69) is 12.1 Å². The molecule has 4 nitrogen and oxygen atoms in total. The van der Waals surface area contributed by atoms with Crippen LogP contribution < -0.4 is 4.74 Å². The van der Waals surface area contributed by atoms with Crippen molar-refractivity contribution in [2.24, 2.45) is 0 Å². The topological polar surface area (TPSA) is 40.2 Å². The molecular weight excluding hydrogens is 328 g/mol. The highest BCUT2D eigenvalue weighted by atomic mass is 16.6. The lowest BCUT2D eigenvalue weighted by Gasteiger charge is -2.16. The Bertz CT molecular complexity index is 622. The molecule has 140 valence electrons. The van der Waals surface area contributed by atoms with E-state index in [0.29, 0.717) is 13.2 Å². The summed E-state index contributed by atoms with van der Waals surface area (Å²) < 4.78 is 22.5. The lowest BCUT2D eigenvalue weighted by molar-refractivity contribution is 0.0131. The van der Waals surface area contributed by atoms with Crippen molar-refractivity contribution in [2.45, 2.75) is 44.7 Å². The monoisotopic (exact) mass is 356 g/mol. The molecule has 1 saturated heterocycles. The average molecular weight is 356 g/mol. The van der Waals surface area contributed by atoms with Crippen molar-refractivity contribution >= 4 is 0 Å². The van der Waals surface area contributed by atoms with Crippen molar-refractivity contribution in [3.8, 4) is 5.75 Å². The Morgan fingerprint density at radius 2 is 1.69 bits per heavy atom. The zero-order valence-electron chi connectivity index (χ0n) is 15.4. The van der Waals surface area contributed by atoms with E-state index in [0.717, 1.165) is 43.8 Å². The van der Waals surface area contributed by atoms with Gasteiger partial charge in [0.05, 0.1) is 33.0 Å². The van der Waals surface area contributed by atoms with E-state index >= 15 is 0 Å². The van der Waals surface area contributed by atoms with Crippen LogP contribution in [0.4, 0.5) is 0 Å². The van der Waals surface area contributed by atoms with Crippen molar-refractivity contribution in [3.63, 3.8) is 0 Å². The molecule has 1 heterocycles. The quantitative estimate of drug-likeness (QED) is 0.418. The molecule has 0 bridgehead atoms. The summed E-state index contributed by atoms with van der Waals surface area (Å²) in [5.74, 6) is 0.867. The first-order valence-electron chi connectivity index (χ1n) is 9.33. The third kappa shape index (κ3) is 6.45. The van der Waals surface area contributed by atoms with Gasteiger partial charge in [-0.1, -0.05) is 42.5 Å². The van der Waals surface area contributed by atoms with Crippen LogP contribution in [0.3, 0.4) is 0 Å². The largest absolute Gasteiger partial charge is 0.497 e. The fourth-order valence-corrected chi connectivity index (χ4v) is 2.89. The standard InChI is InChI=1S/C22H28O4/c1-23-20-12-10-19(11-13-20)16-25-21(22-17-26-22)9-5-6-14-24-15-18-7-3-2-4-8-18/h2-4,7-8,10-13,21-22H,5-6,9,14-17H2,1H3/t21-,22+/m0/s1.